The maximum Gasteiger partial charge on any atom is 0.0657 e. The molecular formula is C32H48O2. The molecule has 188 valence electrons. The Kier molecular flexibility index (Phi) is 6.56. The van der Waals surface area contributed by atoms with Gasteiger partial charge in [0.15, 0.2) is 0 Å². The Morgan fingerprint density at radius 3 is 2.47 bits per heavy atom. The van der Waals surface area contributed by atoms with Crippen LogP contribution in [0.1, 0.15) is 97.5 Å². The van der Waals surface area contributed by atoms with E-state index in [-0.39, 0.29) is 6.10 Å². The molecule has 0 aromatic heterocycles. The van der Waals surface area contributed by atoms with Gasteiger partial charge < -0.3 is 10.2 Å². The third kappa shape index (κ3) is 4.32. The summed E-state index contributed by atoms with van der Waals surface area (Å²) in [7, 11) is 0. The average molecular weight is 465 g/mol. The summed E-state index contributed by atoms with van der Waals surface area (Å²) in [5.74, 6) is 3.98. The van der Waals surface area contributed by atoms with Gasteiger partial charge in [-0.3, -0.25) is 0 Å². The Labute approximate surface area is 208 Å². The molecule has 2 N–H and O–H groups in total. The van der Waals surface area contributed by atoms with E-state index in [9.17, 15) is 10.2 Å². The normalized spacial score (nSPS) is 43.3. The molecule has 0 bridgehead atoms. The second kappa shape index (κ2) is 9.07. The minimum absolute atomic E-state index is 0.226. The van der Waals surface area contributed by atoms with Crippen LogP contribution in [-0.2, 0) is 6.42 Å². The maximum absolute atomic E-state index is 10.7. The smallest absolute Gasteiger partial charge is 0.0657 e. The van der Waals surface area contributed by atoms with Crippen LogP contribution < -0.4 is 0 Å². The van der Waals surface area contributed by atoms with Crippen LogP contribution in [0, 0.1) is 40.4 Å². The molecule has 0 heterocycles. The van der Waals surface area contributed by atoms with E-state index in [0.29, 0.717) is 16.7 Å². The molecule has 2 nitrogen and oxygen atoms in total. The summed E-state index contributed by atoms with van der Waals surface area (Å²) >= 11 is 0. The minimum atomic E-state index is -0.500. The van der Waals surface area contributed by atoms with Crippen LogP contribution in [0.25, 0.3) is 0 Å². The number of aliphatic hydroxyl groups is 2. The quantitative estimate of drug-likeness (QED) is 0.432. The Morgan fingerprint density at radius 1 is 0.941 bits per heavy atom. The molecule has 5 rings (SSSR count). The van der Waals surface area contributed by atoms with E-state index in [1.54, 1.807) is 5.57 Å². The third-order valence-corrected chi connectivity index (χ3v) is 11.4. The first-order valence-corrected chi connectivity index (χ1v) is 14.3. The predicted molar refractivity (Wildman–Crippen MR) is 140 cm³/mol. The minimum Gasteiger partial charge on any atom is -0.393 e. The zero-order valence-corrected chi connectivity index (χ0v) is 22.1. The standard InChI is InChI=1S/C32H48O2/c1-22(10-12-25(33)20-23-8-6-5-7-9-23)27-14-15-28-26-13-11-24-21-30(2,34)18-19-31(24,3)29(26)16-17-32(27,28)4/h5-9,11,22,25-29,33-34H,10,12-21H2,1-4H3/t22?,25-,26-,27+,28-,29-,30-,31-,32+/m0/s1. The van der Waals surface area contributed by atoms with Gasteiger partial charge in [0, 0.05) is 0 Å². The van der Waals surface area contributed by atoms with Crippen molar-refractivity contribution in [3.8, 4) is 0 Å². The zero-order valence-electron chi connectivity index (χ0n) is 22.1. The van der Waals surface area contributed by atoms with Gasteiger partial charge >= 0.3 is 0 Å². The highest BCUT2D eigenvalue weighted by molar-refractivity contribution is 5.26. The average Bonchev–Trinajstić information content (AvgIpc) is 3.16. The first kappa shape index (κ1) is 24.6. The van der Waals surface area contributed by atoms with E-state index >= 15 is 0 Å². The predicted octanol–water partition coefficient (Wildman–Crippen LogP) is 7.34. The van der Waals surface area contributed by atoms with Gasteiger partial charge in [-0.2, -0.15) is 0 Å². The van der Waals surface area contributed by atoms with Crippen molar-refractivity contribution in [1.29, 1.82) is 0 Å². The first-order chi connectivity index (χ1) is 16.1. The monoisotopic (exact) mass is 464 g/mol. The van der Waals surface area contributed by atoms with Crippen molar-refractivity contribution >= 4 is 0 Å². The number of benzene rings is 1. The third-order valence-electron chi connectivity index (χ3n) is 11.4. The molecule has 0 radical (unpaired) electrons. The molecule has 3 saturated carbocycles. The molecule has 1 aromatic carbocycles. The number of aliphatic hydroxyl groups excluding tert-OH is 1. The largest absolute Gasteiger partial charge is 0.393 e. The Morgan fingerprint density at radius 2 is 1.71 bits per heavy atom. The van der Waals surface area contributed by atoms with Crippen molar-refractivity contribution in [1.82, 2.24) is 0 Å². The molecule has 34 heavy (non-hydrogen) atoms. The summed E-state index contributed by atoms with van der Waals surface area (Å²) in [4.78, 5) is 0. The van der Waals surface area contributed by atoms with E-state index in [1.165, 1.54) is 37.7 Å². The van der Waals surface area contributed by atoms with Gasteiger partial charge in [-0.25, -0.2) is 0 Å². The molecule has 1 unspecified atom stereocenters. The van der Waals surface area contributed by atoms with Crippen molar-refractivity contribution in [2.45, 2.75) is 110 Å². The van der Waals surface area contributed by atoms with Gasteiger partial charge in [0.25, 0.3) is 0 Å². The van der Waals surface area contributed by atoms with Crippen molar-refractivity contribution < 1.29 is 10.2 Å². The van der Waals surface area contributed by atoms with Crippen LogP contribution >= 0.6 is 0 Å². The molecule has 9 atom stereocenters. The Balaban J connectivity index is 1.24. The highest BCUT2D eigenvalue weighted by Gasteiger charge is 2.59. The SMILES string of the molecule is CC(CC[C@H](O)Cc1ccccc1)[C@H]1CC[C@H]2[C@@H]3CC=C4C[C@@](C)(O)CC[C@]4(C)[C@H]3CC[C@]12C. The lowest BCUT2D eigenvalue weighted by atomic mass is 9.46. The van der Waals surface area contributed by atoms with Crippen molar-refractivity contribution in [2.75, 3.05) is 0 Å². The van der Waals surface area contributed by atoms with Crippen LogP contribution in [0.2, 0.25) is 0 Å². The highest BCUT2D eigenvalue weighted by atomic mass is 16.3. The molecule has 0 amide bonds. The molecule has 2 heteroatoms. The summed E-state index contributed by atoms with van der Waals surface area (Å²) in [5.41, 5.74) is 3.10. The molecule has 0 aliphatic heterocycles. The molecule has 0 saturated heterocycles. The summed E-state index contributed by atoms with van der Waals surface area (Å²) in [6, 6.07) is 10.4. The van der Waals surface area contributed by atoms with Crippen molar-refractivity contribution in [3.63, 3.8) is 0 Å². The second-order valence-electron chi connectivity index (χ2n) is 13.6. The lowest BCUT2D eigenvalue weighted by Crippen LogP contribution is -2.52. The summed E-state index contributed by atoms with van der Waals surface area (Å²) in [6.07, 6.45) is 14.9. The Hall–Kier alpha value is -1.12. The van der Waals surface area contributed by atoms with Crippen LogP contribution in [0.3, 0.4) is 0 Å². The molecule has 0 spiro atoms. The van der Waals surface area contributed by atoms with Crippen LogP contribution in [0.4, 0.5) is 0 Å². The van der Waals surface area contributed by atoms with Crippen molar-refractivity contribution in [3.05, 3.63) is 47.5 Å². The number of hydrogen-bond acceptors (Lipinski definition) is 2. The van der Waals surface area contributed by atoms with Crippen LogP contribution in [0.5, 0.6) is 0 Å². The fourth-order valence-corrected chi connectivity index (χ4v) is 9.42. The summed E-state index contributed by atoms with van der Waals surface area (Å²) in [5, 5.41) is 21.4. The fraction of sp³-hybridized carbons (Fsp3) is 0.750. The molecule has 4 aliphatic rings. The maximum atomic E-state index is 10.7. The van der Waals surface area contributed by atoms with E-state index in [4.69, 9.17) is 0 Å². The molecule has 3 fully saturated rings. The Bertz CT molecular complexity index is 888. The van der Waals surface area contributed by atoms with Gasteiger partial charge in [0.1, 0.15) is 0 Å². The number of rotatable bonds is 6. The first-order valence-electron chi connectivity index (χ1n) is 14.3. The van der Waals surface area contributed by atoms with Gasteiger partial charge in [-0.05, 0) is 124 Å². The highest BCUT2D eigenvalue weighted by Crippen LogP contribution is 2.67. The summed E-state index contributed by atoms with van der Waals surface area (Å²) < 4.78 is 0. The van der Waals surface area contributed by atoms with Crippen molar-refractivity contribution in [2.24, 2.45) is 40.4 Å². The van der Waals surface area contributed by atoms with Crippen LogP contribution in [-0.4, -0.2) is 21.9 Å². The number of fused-ring (bicyclic) bond motifs is 5. The van der Waals surface area contributed by atoms with Crippen LogP contribution in [0.15, 0.2) is 42.0 Å². The van der Waals surface area contributed by atoms with E-state index in [1.807, 2.05) is 13.0 Å². The van der Waals surface area contributed by atoms with Gasteiger partial charge in [0.2, 0.25) is 0 Å². The van der Waals surface area contributed by atoms with E-state index < -0.39 is 5.60 Å². The van der Waals surface area contributed by atoms with Gasteiger partial charge in [-0.15, -0.1) is 0 Å². The number of hydrogen-bond donors (Lipinski definition) is 2. The molecule has 1 aromatic rings. The number of allylic oxidation sites excluding steroid dienone is 1. The summed E-state index contributed by atoms with van der Waals surface area (Å²) in [6.45, 7) is 9.69. The topological polar surface area (TPSA) is 40.5 Å². The second-order valence-corrected chi connectivity index (χ2v) is 13.6. The lowest BCUT2D eigenvalue weighted by Gasteiger charge is -2.59. The zero-order chi connectivity index (χ0) is 24.1. The lowest BCUT2D eigenvalue weighted by molar-refractivity contribution is -0.0708. The van der Waals surface area contributed by atoms with Gasteiger partial charge in [0.05, 0.1) is 11.7 Å². The van der Waals surface area contributed by atoms with Gasteiger partial charge in [-0.1, -0.05) is 62.8 Å². The van der Waals surface area contributed by atoms with E-state index in [0.717, 1.165) is 62.2 Å². The fourth-order valence-electron chi connectivity index (χ4n) is 9.42. The molecule has 4 aliphatic carbocycles. The molecular weight excluding hydrogens is 416 g/mol. The van der Waals surface area contributed by atoms with E-state index in [2.05, 4.69) is 51.1 Å².